The minimum Gasteiger partial charge on any atom is -0.496 e. The Kier molecular flexibility index (Phi) is 4.75. The zero-order valence-corrected chi connectivity index (χ0v) is 12.9. The van der Waals surface area contributed by atoms with Gasteiger partial charge in [-0.05, 0) is 31.7 Å². The lowest BCUT2D eigenvalue weighted by atomic mass is 10.1. The zero-order valence-electron chi connectivity index (χ0n) is 12.9. The van der Waals surface area contributed by atoms with E-state index in [9.17, 15) is 4.79 Å². The molecule has 21 heavy (non-hydrogen) atoms. The Morgan fingerprint density at radius 3 is 2.76 bits per heavy atom. The number of hydrogen-bond donors (Lipinski definition) is 1. The average molecular weight is 287 g/mol. The summed E-state index contributed by atoms with van der Waals surface area (Å²) in [7, 11) is 3.30. The summed E-state index contributed by atoms with van der Waals surface area (Å²) in [4.78, 5) is 12.1. The standard InChI is InChI=1S/C16H21N3O2/c1-5-17-10-12-9-14(18-19(3)16(12)20)13-8-11(2)6-7-15(13)21-4/h6-9,17H,5,10H2,1-4H3. The van der Waals surface area contributed by atoms with E-state index in [1.807, 2.05) is 38.1 Å². The van der Waals surface area contributed by atoms with Crippen LogP contribution in [0.1, 0.15) is 18.1 Å². The van der Waals surface area contributed by atoms with Crippen LogP contribution in [0.2, 0.25) is 0 Å². The third-order valence-electron chi connectivity index (χ3n) is 3.33. The molecule has 112 valence electrons. The molecule has 0 aliphatic rings. The van der Waals surface area contributed by atoms with Crippen LogP contribution in [-0.2, 0) is 13.6 Å². The number of benzene rings is 1. The maximum Gasteiger partial charge on any atom is 0.271 e. The second-order valence-electron chi connectivity index (χ2n) is 4.97. The normalized spacial score (nSPS) is 10.7. The lowest BCUT2D eigenvalue weighted by Crippen LogP contribution is -2.27. The van der Waals surface area contributed by atoms with Gasteiger partial charge in [0.25, 0.3) is 5.56 Å². The first kappa shape index (κ1) is 15.3. The SMILES string of the molecule is CCNCc1cc(-c2cc(C)ccc2OC)nn(C)c1=O. The Morgan fingerprint density at radius 2 is 2.10 bits per heavy atom. The van der Waals surface area contributed by atoms with Gasteiger partial charge in [-0.3, -0.25) is 4.79 Å². The van der Waals surface area contributed by atoms with Gasteiger partial charge in [-0.1, -0.05) is 18.6 Å². The highest BCUT2D eigenvalue weighted by atomic mass is 16.5. The Bertz CT molecular complexity index is 692. The minimum absolute atomic E-state index is 0.0775. The van der Waals surface area contributed by atoms with Crippen LogP contribution in [0, 0.1) is 6.92 Å². The van der Waals surface area contributed by atoms with Crippen LogP contribution >= 0.6 is 0 Å². The van der Waals surface area contributed by atoms with E-state index in [0.29, 0.717) is 12.1 Å². The monoisotopic (exact) mass is 287 g/mol. The number of nitrogens with one attached hydrogen (secondary N) is 1. The zero-order chi connectivity index (χ0) is 15.4. The Labute approximate surface area is 124 Å². The van der Waals surface area contributed by atoms with Crippen molar-refractivity contribution in [3.63, 3.8) is 0 Å². The fourth-order valence-electron chi connectivity index (χ4n) is 2.21. The van der Waals surface area contributed by atoms with Gasteiger partial charge < -0.3 is 10.1 Å². The van der Waals surface area contributed by atoms with Crippen LogP contribution in [-0.4, -0.2) is 23.4 Å². The lowest BCUT2D eigenvalue weighted by Gasteiger charge is -2.11. The highest BCUT2D eigenvalue weighted by molar-refractivity contribution is 5.68. The Morgan fingerprint density at radius 1 is 1.33 bits per heavy atom. The van der Waals surface area contributed by atoms with Crippen LogP contribution in [0.3, 0.4) is 0 Å². The quantitative estimate of drug-likeness (QED) is 0.912. The molecule has 2 rings (SSSR count). The van der Waals surface area contributed by atoms with Crippen LogP contribution < -0.4 is 15.6 Å². The second kappa shape index (κ2) is 6.54. The summed E-state index contributed by atoms with van der Waals surface area (Å²) in [6, 6.07) is 7.76. The third kappa shape index (κ3) is 3.31. The van der Waals surface area contributed by atoms with Gasteiger partial charge in [-0.15, -0.1) is 0 Å². The van der Waals surface area contributed by atoms with Crippen LogP contribution in [0.5, 0.6) is 5.75 Å². The molecule has 1 heterocycles. The fraction of sp³-hybridized carbons (Fsp3) is 0.375. The molecule has 0 aliphatic carbocycles. The maximum absolute atomic E-state index is 12.1. The van der Waals surface area contributed by atoms with Gasteiger partial charge in [0.05, 0.1) is 12.8 Å². The first-order valence-corrected chi connectivity index (χ1v) is 6.99. The smallest absolute Gasteiger partial charge is 0.271 e. The summed E-state index contributed by atoms with van der Waals surface area (Å²) in [6.45, 7) is 5.38. The molecule has 0 fully saturated rings. The van der Waals surface area contributed by atoms with Crippen molar-refractivity contribution in [2.75, 3.05) is 13.7 Å². The van der Waals surface area contributed by atoms with Crippen molar-refractivity contribution in [1.29, 1.82) is 0 Å². The second-order valence-corrected chi connectivity index (χ2v) is 4.97. The van der Waals surface area contributed by atoms with Crippen molar-refractivity contribution in [1.82, 2.24) is 15.1 Å². The summed E-state index contributed by atoms with van der Waals surface area (Å²) >= 11 is 0. The van der Waals surface area contributed by atoms with Gasteiger partial charge in [0, 0.05) is 24.7 Å². The summed E-state index contributed by atoms with van der Waals surface area (Å²) < 4.78 is 6.78. The van der Waals surface area contributed by atoms with E-state index in [1.165, 1.54) is 4.68 Å². The van der Waals surface area contributed by atoms with Crippen molar-refractivity contribution in [2.45, 2.75) is 20.4 Å². The molecule has 1 N–H and O–H groups in total. The summed E-state index contributed by atoms with van der Waals surface area (Å²) in [6.07, 6.45) is 0. The van der Waals surface area contributed by atoms with Crippen molar-refractivity contribution < 1.29 is 4.74 Å². The molecule has 0 spiro atoms. The predicted molar refractivity (Wildman–Crippen MR) is 83.6 cm³/mol. The molecular weight excluding hydrogens is 266 g/mol. The topological polar surface area (TPSA) is 56.1 Å². The fourth-order valence-corrected chi connectivity index (χ4v) is 2.21. The van der Waals surface area contributed by atoms with E-state index < -0.39 is 0 Å². The highest BCUT2D eigenvalue weighted by Gasteiger charge is 2.12. The molecule has 0 amide bonds. The number of rotatable bonds is 5. The summed E-state index contributed by atoms with van der Waals surface area (Å²) in [5.41, 5.74) is 3.38. The first-order chi connectivity index (χ1) is 10.1. The third-order valence-corrected chi connectivity index (χ3v) is 3.33. The Balaban J connectivity index is 2.56. The Hall–Kier alpha value is -2.14. The first-order valence-electron chi connectivity index (χ1n) is 6.99. The largest absolute Gasteiger partial charge is 0.496 e. The van der Waals surface area contributed by atoms with E-state index in [-0.39, 0.29) is 5.56 Å². The molecule has 2 aromatic rings. The van der Waals surface area contributed by atoms with Gasteiger partial charge in [-0.2, -0.15) is 5.10 Å². The maximum atomic E-state index is 12.1. The molecule has 0 aliphatic heterocycles. The molecule has 0 saturated heterocycles. The summed E-state index contributed by atoms with van der Waals surface area (Å²) in [5, 5.41) is 7.54. The molecule has 0 radical (unpaired) electrons. The predicted octanol–water partition coefficient (Wildman–Crippen LogP) is 1.87. The van der Waals surface area contributed by atoms with Crippen molar-refractivity contribution in [3.05, 3.63) is 45.7 Å². The number of methoxy groups -OCH3 is 1. The van der Waals surface area contributed by atoms with Gasteiger partial charge >= 0.3 is 0 Å². The summed E-state index contributed by atoms with van der Waals surface area (Å²) in [5.74, 6) is 0.751. The van der Waals surface area contributed by atoms with Crippen molar-refractivity contribution in [3.8, 4) is 17.0 Å². The number of hydrogen-bond acceptors (Lipinski definition) is 4. The van der Waals surface area contributed by atoms with E-state index in [4.69, 9.17) is 4.74 Å². The van der Waals surface area contributed by atoms with E-state index in [2.05, 4.69) is 10.4 Å². The minimum atomic E-state index is -0.0775. The molecule has 1 aromatic carbocycles. The number of aryl methyl sites for hydroxylation is 2. The van der Waals surface area contributed by atoms with Crippen LogP contribution in [0.25, 0.3) is 11.3 Å². The average Bonchev–Trinajstić information content (AvgIpc) is 2.48. The molecule has 5 nitrogen and oxygen atoms in total. The van der Waals surface area contributed by atoms with Gasteiger partial charge in [0.2, 0.25) is 0 Å². The van der Waals surface area contributed by atoms with E-state index >= 15 is 0 Å². The van der Waals surface area contributed by atoms with Crippen molar-refractivity contribution in [2.24, 2.45) is 7.05 Å². The number of ether oxygens (including phenoxy) is 1. The number of aromatic nitrogens is 2. The van der Waals surface area contributed by atoms with E-state index in [1.54, 1.807) is 14.2 Å². The van der Waals surface area contributed by atoms with E-state index in [0.717, 1.165) is 29.1 Å². The number of nitrogens with zero attached hydrogens (tertiary/aromatic N) is 2. The van der Waals surface area contributed by atoms with Crippen LogP contribution in [0.15, 0.2) is 29.1 Å². The molecule has 0 unspecified atom stereocenters. The van der Waals surface area contributed by atoms with Gasteiger partial charge in [0.15, 0.2) is 0 Å². The molecule has 0 saturated carbocycles. The molecule has 0 bridgehead atoms. The molecule has 0 atom stereocenters. The lowest BCUT2D eigenvalue weighted by molar-refractivity contribution is 0.416. The highest BCUT2D eigenvalue weighted by Crippen LogP contribution is 2.29. The molecular formula is C16H21N3O2. The molecule has 1 aromatic heterocycles. The van der Waals surface area contributed by atoms with Gasteiger partial charge in [0.1, 0.15) is 5.75 Å². The molecule has 5 heteroatoms. The van der Waals surface area contributed by atoms with Crippen molar-refractivity contribution >= 4 is 0 Å². The van der Waals surface area contributed by atoms with Gasteiger partial charge in [-0.25, -0.2) is 4.68 Å². The van der Waals surface area contributed by atoms with Crippen LogP contribution in [0.4, 0.5) is 0 Å².